The molecule has 1 aromatic rings. The Morgan fingerprint density at radius 2 is 2.21 bits per heavy atom. The average Bonchev–Trinajstić information content (AvgIpc) is 2.36. The number of aliphatic hydroxyl groups is 2. The Balaban J connectivity index is 2.39. The number of hydrogen-bond acceptors (Lipinski definition) is 4. The number of β-amino-alcohol motifs (C(OH)–C–C–N with tert-alkyl or cyclic N) is 1. The molecule has 0 amide bonds. The molecule has 2 N–H and O–H groups in total. The first kappa shape index (κ1) is 13.9. The molecule has 0 aliphatic carbocycles. The van der Waals surface area contributed by atoms with Gasteiger partial charge in [-0.15, -0.1) is 0 Å². The largest absolute Gasteiger partial charge is 0.389 e. The van der Waals surface area contributed by atoms with Gasteiger partial charge in [0, 0.05) is 24.3 Å². The summed E-state index contributed by atoms with van der Waals surface area (Å²) >= 11 is 0. The first-order valence-corrected chi connectivity index (χ1v) is 6.62. The van der Waals surface area contributed by atoms with Crippen LogP contribution in [0.15, 0.2) is 18.2 Å². The molecule has 4 nitrogen and oxygen atoms in total. The van der Waals surface area contributed by atoms with Crippen LogP contribution in [-0.2, 0) is 0 Å². The molecule has 0 bridgehead atoms. The summed E-state index contributed by atoms with van der Waals surface area (Å²) in [7, 11) is 0. The zero-order valence-corrected chi connectivity index (χ0v) is 11.4. The predicted molar refractivity (Wildman–Crippen MR) is 73.9 cm³/mol. The molecule has 0 aromatic heterocycles. The third-order valence-corrected chi connectivity index (χ3v) is 3.63. The van der Waals surface area contributed by atoms with Crippen LogP contribution in [0.1, 0.15) is 43.9 Å². The Morgan fingerprint density at radius 1 is 1.47 bits per heavy atom. The van der Waals surface area contributed by atoms with Gasteiger partial charge in [-0.25, -0.2) is 0 Å². The summed E-state index contributed by atoms with van der Waals surface area (Å²) in [5.41, 5.74) is 1.52. The lowest BCUT2D eigenvalue weighted by Crippen LogP contribution is -2.46. The van der Waals surface area contributed by atoms with Gasteiger partial charge in [0.05, 0.1) is 23.3 Å². The second kappa shape index (κ2) is 5.20. The predicted octanol–water partition coefficient (Wildman–Crippen LogP) is 1.96. The minimum atomic E-state index is -0.711. The Kier molecular flexibility index (Phi) is 3.79. The molecule has 1 saturated heterocycles. The topological polar surface area (TPSA) is 67.5 Å². The van der Waals surface area contributed by atoms with E-state index in [0.29, 0.717) is 12.1 Å². The number of nitrogens with zero attached hydrogens (tertiary/aromatic N) is 2. The van der Waals surface area contributed by atoms with Crippen molar-refractivity contribution in [2.45, 2.75) is 38.4 Å². The molecule has 2 unspecified atom stereocenters. The SMILES string of the molecule is CC(O)c1ccc(C#N)cc1N1CCCC(C)(O)C1. The zero-order valence-electron chi connectivity index (χ0n) is 11.4. The van der Waals surface area contributed by atoms with Crippen LogP contribution >= 0.6 is 0 Å². The highest BCUT2D eigenvalue weighted by atomic mass is 16.3. The molecule has 0 spiro atoms. The summed E-state index contributed by atoms with van der Waals surface area (Å²) in [5, 5.41) is 29.1. The fraction of sp³-hybridized carbons (Fsp3) is 0.533. The smallest absolute Gasteiger partial charge is 0.0992 e. The number of nitriles is 1. The number of aliphatic hydroxyl groups excluding tert-OH is 1. The fourth-order valence-electron chi connectivity index (χ4n) is 2.67. The van der Waals surface area contributed by atoms with Crippen molar-refractivity contribution in [3.8, 4) is 6.07 Å². The second-order valence-electron chi connectivity index (χ2n) is 5.58. The monoisotopic (exact) mass is 260 g/mol. The molecule has 2 atom stereocenters. The van der Waals surface area contributed by atoms with Crippen LogP contribution in [-0.4, -0.2) is 28.9 Å². The van der Waals surface area contributed by atoms with Crippen LogP contribution in [0.4, 0.5) is 5.69 Å². The molecule has 1 heterocycles. The van der Waals surface area contributed by atoms with Crippen LogP contribution in [0.2, 0.25) is 0 Å². The van der Waals surface area contributed by atoms with E-state index in [2.05, 4.69) is 11.0 Å². The molecule has 1 aliphatic heterocycles. The van der Waals surface area contributed by atoms with Crippen molar-refractivity contribution in [3.05, 3.63) is 29.3 Å². The number of hydrogen-bond donors (Lipinski definition) is 2. The summed E-state index contributed by atoms with van der Waals surface area (Å²) in [4.78, 5) is 2.06. The molecule has 102 valence electrons. The first-order valence-electron chi connectivity index (χ1n) is 6.62. The highest BCUT2D eigenvalue weighted by molar-refractivity contribution is 5.59. The Bertz CT molecular complexity index is 503. The Hall–Kier alpha value is -1.57. The van der Waals surface area contributed by atoms with E-state index in [0.717, 1.165) is 30.6 Å². The van der Waals surface area contributed by atoms with Crippen molar-refractivity contribution in [1.29, 1.82) is 5.26 Å². The van der Waals surface area contributed by atoms with Gasteiger partial charge >= 0.3 is 0 Å². The third-order valence-electron chi connectivity index (χ3n) is 3.63. The van der Waals surface area contributed by atoms with Gasteiger partial charge in [-0.2, -0.15) is 5.26 Å². The quantitative estimate of drug-likeness (QED) is 0.853. The van der Waals surface area contributed by atoms with E-state index in [4.69, 9.17) is 5.26 Å². The third kappa shape index (κ3) is 3.06. The van der Waals surface area contributed by atoms with Gasteiger partial charge in [-0.3, -0.25) is 0 Å². The summed E-state index contributed by atoms with van der Waals surface area (Å²) in [6.45, 7) is 4.91. The van der Waals surface area contributed by atoms with Crippen LogP contribution in [0.5, 0.6) is 0 Å². The summed E-state index contributed by atoms with van der Waals surface area (Å²) in [5.74, 6) is 0. The summed E-state index contributed by atoms with van der Waals surface area (Å²) in [6.07, 6.45) is 1.10. The molecule has 1 fully saturated rings. The van der Waals surface area contributed by atoms with Gasteiger partial charge in [-0.1, -0.05) is 6.07 Å². The Morgan fingerprint density at radius 3 is 2.79 bits per heavy atom. The molecule has 0 radical (unpaired) electrons. The second-order valence-corrected chi connectivity index (χ2v) is 5.58. The lowest BCUT2D eigenvalue weighted by molar-refractivity contribution is 0.0447. The molecule has 1 aliphatic rings. The highest BCUT2D eigenvalue weighted by Crippen LogP contribution is 2.32. The van der Waals surface area contributed by atoms with Crippen molar-refractivity contribution >= 4 is 5.69 Å². The van der Waals surface area contributed by atoms with Crippen LogP contribution in [0.25, 0.3) is 0 Å². The molecule has 19 heavy (non-hydrogen) atoms. The van der Waals surface area contributed by atoms with Gasteiger partial charge < -0.3 is 15.1 Å². The van der Waals surface area contributed by atoms with E-state index in [1.54, 1.807) is 25.1 Å². The standard InChI is InChI=1S/C15H20N2O2/c1-11(18)13-5-4-12(9-16)8-14(13)17-7-3-6-15(2,19)10-17/h4-5,8,11,18-19H,3,6-7,10H2,1-2H3. The maximum Gasteiger partial charge on any atom is 0.0992 e. The number of benzene rings is 1. The van der Waals surface area contributed by atoms with Gasteiger partial charge in [0.1, 0.15) is 0 Å². The highest BCUT2D eigenvalue weighted by Gasteiger charge is 2.29. The van der Waals surface area contributed by atoms with Gasteiger partial charge in [0.25, 0.3) is 0 Å². The minimum absolute atomic E-state index is 0.529. The Labute approximate surface area is 113 Å². The minimum Gasteiger partial charge on any atom is -0.389 e. The lowest BCUT2D eigenvalue weighted by atomic mass is 9.93. The molecule has 0 saturated carbocycles. The molecule has 1 aromatic carbocycles. The van der Waals surface area contributed by atoms with E-state index in [1.165, 1.54) is 0 Å². The summed E-state index contributed by atoms with van der Waals surface area (Å²) in [6, 6.07) is 7.43. The van der Waals surface area contributed by atoms with Crippen molar-refractivity contribution in [2.75, 3.05) is 18.0 Å². The van der Waals surface area contributed by atoms with E-state index >= 15 is 0 Å². The maximum absolute atomic E-state index is 10.2. The van der Waals surface area contributed by atoms with Crippen molar-refractivity contribution in [2.24, 2.45) is 0 Å². The maximum atomic E-state index is 10.2. The summed E-state index contributed by atoms with van der Waals surface area (Å²) < 4.78 is 0. The van der Waals surface area contributed by atoms with E-state index in [1.807, 2.05) is 6.92 Å². The molecule has 4 heteroatoms. The average molecular weight is 260 g/mol. The molecule has 2 rings (SSSR count). The fourth-order valence-corrected chi connectivity index (χ4v) is 2.67. The molecular formula is C15H20N2O2. The first-order chi connectivity index (χ1) is 8.93. The lowest BCUT2D eigenvalue weighted by Gasteiger charge is -2.39. The van der Waals surface area contributed by atoms with Crippen LogP contribution in [0, 0.1) is 11.3 Å². The van der Waals surface area contributed by atoms with Crippen molar-refractivity contribution in [3.63, 3.8) is 0 Å². The van der Waals surface area contributed by atoms with Crippen LogP contribution < -0.4 is 4.90 Å². The van der Waals surface area contributed by atoms with Gasteiger partial charge in [0.2, 0.25) is 0 Å². The van der Waals surface area contributed by atoms with Gasteiger partial charge in [-0.05, 0) is 38.8 Å². The van der Waals surface area contributed by atoms with E-state index in [9.17, 15) is 10.2 Å². The van der Waals surface area contributed by atoms with E-state index < -0.39 is 11.7 Å². The normalized spacial score (nSPS) is 24.9. The van der Waals surface area contributed by atoms with Gasteiger partial charge in [0.15, 0.2) is 0 Å². The number of rotatable bonds is 2. The van der Waals surface area contributed by atoms with Crippen molar-refractivity contribution in [1.82, 2.24) is 0 Å². The number of anilines is 1. The van der Waals surface area contributed by atoms with E-state index in [-0.39, 0.29) is 0 Å². The number of piperidine rings is 1. The van der Waals surface area contributed by atoms with Crippen molar-refractivity contribution < 1.29 is 10.2 Å². The van der Waals surface area contributed by atoms with Crippen LogP contribution in [0.3, 0.4) is 0 Å². The zero-order chi connectivity index (χ0) is 14.0. The molecular weight excluding hydrogens is 240 g/mol.